The number of amides is 2. The third-order valence-electron chi connectivity index (χ3n) is 5.45. The van der Waals surface area contributed by atoms with Gasteiger partial charge in [0.25, 0.3) is 6.73 Å². The van der Waals surface area contributed by atoms with E-state index in [1.807, 2.05) is 30.3 Å². The van der Waals surface area contributed by atoms with Gasteiger partial charge in [-0.25, -0.2) is 14.1 Å². The van der Waals surface area contributed by atoms with E-state index in [0.717, 1.165) is 28.1 Å². The van der Waals surface area contributed by atoms with E-state index in [9.17, 15) is 14.0 Å². The van der Waals surface area contributed by atoms with E-state index in [-0.39, 0.29) is 31.1 Å². The Bertz CT molecular complexity index is 1170. The van der Waals surface area contributed by atoms with E-state index in [1.165, 1.54) is 13.0 Å². The zero-order chi connectivity index (χ0) is 22.0. The van der Waals surface area contributed by atoms with Gasteiger partial charge in [0, 0.05) is 36.2 Å². The van der Waals surface area contributed by atoms with Gasteiger partial charge >= 0.3 is 12.0 Å². The third kappa shape index (κ3) is 4.95. The molecule has 2 amide bonds. The summed E-state index contributed by atoms with van der Waals surface area (Å²) < 4.78 is 21.4. The molecule has 1 aliphatic heterocycles. The maximum atomic E-state index is 14.7. The highest BCUT2D eigenvalue weighted by Gasteiger charge is 2.30. The third-order valence-corrected chi connectivity index (χ3v) is 5.45. The Hall–Kier alpha value is -3.29. The smallest absolute Gasteiger partial charge is 0.424 e. The van der Waals surface area contributed by atoms with E-state index in [0.29, 0.717) is 23.4 Å². The number of esters is 1. The molecule has 166 valence electrons. The van der Waals surface area contributed by atoms with Crippen molar-refractivity contribution in [2.45, 2.75) is 27.0 Å². The molecule has 0 saturated carbocycles. The van der Waals surface area contributed by atoms with Gasteiger partial charge in [0.2, 0.25) is 0 Å². The zero-order valence-electron chi connectivity index (χ0n) is 17.8. The maximum Gasteiger partial charge on any atom is 0.424 e. The van der Waals surface area contributed by atoms with Gasteiger partial charge in [-0.3, -0.25) is 10.1 Å². The Kier molecular flexibility index (Phi) is 7.22. The van der Waals surface area contributed by atoms with E-state index in [1.54, 1.807) is 36.0 Å². The van der Waals surface area contributed by atoms with Crippen LogP contribution in [0, 0.1) is 12.7 Å². The largest absolute Gasteiger partial charge is 1.00 e. The van der Waals surface area contributed by atoms with Gasteiger partial charge in [-0.1, -0.05) is 18.2 Å². The Morgan fingerprint density at radius 3 is 2.75 bits per heavy atom. The van der Waals surface area contributed by atoms with Crippen LogP contribution in [0.1, 0.15) is 18.1 Å². The quantitative estimate of drug-likeness (QED) is 0.426. The minimum Gasteiger partial charge on any atom is -1.00 e. The number of hydrogen-bond donors (Lipinski definition) is 2. The maximum absolute atomic E-state index is 14.7. The summed E-state index contributed by atoms with van der Waals surface area (Å²) in [5, 5.41) is 2.87. The van der Waals surface area contributed by atoms with Crippen LogP contribution in [0.4, 0.5) is 20.6 Å². The van der Waals surface area contributed by atoms with Gasteiger partial charge in [-0.2, -0.15) is 4.57 Å². The monoisotopic (exact) mass is 456 g/mol. The van der Waals surface area contributed by atoms with Crippen LogP contribution in [0.3, 0.4) is 0 Å². The minimum atomic E-state index is -0.403. The molecule has 0 spiro atoms. The van der Waals surface area contributed by atoms with Crippen LogP contribution in [0.5, 0.6) is 0 Å². The molecule has 1 aromatic heterocycles. The van der Waals surface area contributed by atoms with Crippen LogP contribution in [0.2, 0.25) is 0 Å². The number of nitrogens with zero attached hydrogens (tertiary/aromatic N) is 1. The van der Waals surface area contributed by atoms with Gasteiger partial charge in [-0.15, -0.1) is 0 Å². The van der Waals surface area contributed by atoms with E-state index >= 15 is 0 Å². The Balaban J connectivity index is 0.00000289. The lowest BCUT2D eigenvalue weighted by Gasteiger charge is -2.14. The average molecular weight is 457 g/mol. The minimum absolute atomic E-state index is 0. The molecular weight excluding hydrogens is 433 g/mol. The molecule has 0 aliphatic carbocycles. The van der Waals surface area contributed by atoms with Crippen molar-refractivity contribution in [1.29, 1.82) is 0 Å². The molecule has 2 heterocycles. The van der Waals surface area contributed by atoms with E-state index in [4.69, 9.17) is 4.74 Å². The topological polar surface area (TPSA) is 63.7 Å². The number of carbonyl (C=O) groups excluding carboxylic acids is 2. The molecule has 0 saturated heterocycles. The molecule has 32 heavy (non-hydrogen) atoms. The second-order valence-electron chi connectivity index (χ2n) is 7.59. The molecule has 1 unspecified atom stereocenters. The van der Waals surface area contributed by atoms with Gasteiger partial charge in [0.15, 0.2) is 12.4 Å². The molecular formula is C24H24ClFN3O3+. The predicted octanol–water partition coefficient (Wildman–Crippen LogP) is -0.0822. The molecule has 0 bridgehead atoms. The first-order valence-electron chi connectivity index (χ1n) is 10.1. The summed E-state index contributed by atoms with van der Waals surface area (Å²) in [6, 6.07) is 14.4. The molecule has 3 aromatic rings. The lowest BCUT2D eigenvalue weighted by molar-refractivity contribution is -0.732. The van der Waals surface area contributed by atoms with Crippen molar-refractivity contribution in [2.24, 2.45) is 0 Å². The number of carbonyl (C=O) groups is 2. The number of nitrogens with one attached hydrogen (secondary N) is 2. The number of pyridine rings is 1. The number of urea groups is 1. The second kappa shape index (κ2) is 9.89. The number of hydrogen-bond acceptors (Lipinski definition) is 3. The van der Waals surface area contributed by atoms with Crippen molar-refractivity contribution < 1.29 is 40.6 Å². The summed E-state index contributed by atoms with van der Waals surface area (Å²) in [6.07, 6.45) is 4.37. The van der Waals surface area contributed by atoms with Gasteiger partial charge in [0.05, 0.1) is 6.54 Å². The number of fused-ring (bicyclic) bond motifs is 1. The van der Waals surface area contributed by atoms with Crippen molar-refractivity contribution in [3.8, 4) is 11.1 Å². The highest BCUT2D eigenvalue weighted by atomic mass is 35.5. The molecule has 0 radical (unpaired) electrons. The Labute approximate surface area is 192 Å². The predicted molar refractivity (Wildman–Crippen MR) is 113 cm³/mol. The summed E-state index contributed by atoms with van der Waals surface area (Å²) in [5.74, 6) is -0.782. The standard InChI is InChI=1S/C24H22FN3O3.ClH/c1-16-21(19-7-5-10-27(14-19)15-31-17(2)29)12-20(13-22(16)25)26-24(30)28-11-9-18-6-3-4-8-23(18)28;/h3-8,10,12-14H,9,11,15H2,1-2H3;1H/p+1. The fourth-order valence-corrected chi connectivity index (χ4v) is 3.85. The van der Waals surface area contributed by atoms with Crippen molar-refractivity contribution >= 4 is 23.4 Å². The molecule has 2 N–H and O–H groups in total. The molecule has 1 atom stereocenters. The van der Waals surface area contributed by atoms with Gasteiger partial charge < -0.3 is 17.1 Å². The van der Waals surface area contributed by atoms with Crippen molar-refractivity contribution in [3.05, 3.63) is 77.9 Å². The van der Waals surface area contributed by atoms with E-state index in [2.05, 4.69) is 5.32 Å². The van der Waals surface area contributed by atoms with Crippen LogP contribution in [-0.2, 0) is 22.7 Å². The van der Waals surface area contributed by atoms with Crippen LogP contribution in [0.25, 0.3) is 11.1 Å². The number of ether oxygens (including phenoxy) is 1. The first-order chi connectivity index (χ1) is 14.9. The van der Waals surface area contributed by atoms with Crippen LogP contribution in [-0.4, -0.2) is 18.5 Å². The first kappa shape index (κ1) is 23.4. The Morgan fingerprint density at radius 1 is 1.19 bits per heavy atom. The van der Waals surface area contributed by atoms with Crippen LogP contribution >= 0.6 is 0 Å². The lowest BCUT2D eigenvalue weighted by atomic mass is 10.0. The summed E-state index contributed by atoms with van der Waals surface area (Å²) in [4.78, 5) is 24.7. The molecule has 1 aliphatic rings. The van der Waals surface area contributed by atoms with Gasteiger partial charge in [-0.05, 0) is 42.3 Å². The number of rotatable bonds is 4. The average Bonchev–Trinajstić information content (AvgIpc) is 3.19. The van der Waals surface area contributed by atoms with E-state index < -0.39 is 5.82 Å². The number of aromatic nitrogens is 1. The number of anilines is 1. The van der Waals surface area contributed by atoms with Gasteiger partial charge in [0.1, 0.15) is 11.5 Å². The molecule has 0 fully saturated rings. The first-order valence-corrected chi connectivity index (χ1v) is 10.1. The number of quaternary nitrogens is 1. The SMILES string of the molecule is CC(=O)OC[n+]1cccc(-c2cc(NC(=O)[NH+]3CCc4ccccc43)cc(F)c2C)c1.[Cl-]. The van der Waals surface area contributed by atoms with Crippen molar-refractivity contribution in [1.82, 2.24) is 0 Å². The molecule has 8 heteroatoms. The van der Waals surface area contributed by atoms with Crippen LogP contribution < -0.4 is 27.2 Å². The van der Waals surface area contributed by atoms with Crippen LogP contribution in [0.15, 0.2) is 60.9 Å². The molecule has 4 rings (SSSR count). The molecule has 6 nitrogen and oxygen atoms in total. The fraction of sp³-hybridized carbons (Fsp3) is 0.208. The summed E-state index contributed by atoms with van der Waals surface area (Å²) in [7, 11) is 0. The number of benzene rings is 2. The second-order valence-corrected chi connectivity index (χ2v) is 7.59. The number of para-hydroxylation sites is 1. The highest BCUT2D eigenvalue weighted by molar-refractivity contribution is 5.86. The zero-order valence-corrected chi connectivity index (χ0v) is 18.6. The summed E-state index contributed by atoms with van der Waals surface area (Å²) in [6.45, 7) is 3.78. The summed E-state index contributed by atoms with van der Waals surface area (Å²) >= 11 is 0. The Morgan fingerprint density at radius 2 is 1.97 bits per heavy atom. The van der Waals surface area contributed by atoms with Crippen molar-refractivity contribution in [3.63, 3.8) is 0 Å². The highest BCUT2D eigenvalue weighted by Crippen LogP contribution is 2.28. The normalized spacial score (nSPS) is 14.3. The van der Waals surface area contributed by atoms with Crippen molar-refractivity contribution in [2.75, 3.05) is 11.9 Å². The number of halogens is 2. The summed E-state index contributed by atoms with van der Waals surface area (Å²) in [5.41, 5.74) is 4.40. The molecule has 2 aromatic carbocycles. The lowest BCUT2D eigenvalue weighted by Crippen LogP contribution is -3.09. The fourth-order valence-electron chi connectivity index (χ4n) is 3.85.